The number of hydrogen-bond donors (Lipinski definition) is 1. The van der Waals surface area contributed by atoms with Crippen molar-refractivity contribution < 1.29 is 0 Å². The summed E-state index contributed by atoms with van der Waals surface area (Å²) >= 11 is 0. The van der Waals surface area contributed by atoms with Crippen LogP contribution in [0.25, 0.3) is 0 Å². The van der Waals surface area contributed by atoms with Crippen LogP contribution < -0.4 is 5.43 Å². The molecule has 1 aromatic heterocycles. The van der Waals surface area contributed by atoms with Crippen LogP contribution in [0.15, 0.2) is 6.33 Å². The second-order valence-electron chi connectivity index (χ2n) is 4.36. The molecule has 1 aromatic rings. The van der Waals surface area contributed by atoms with Gasteiger partial charge in [-0.3, -0.25) is 0 Å². The maximum absolute atomic E-state index is 4.21. The van der Waals surface area contributed by atoms with Crippen LogP contribution in [0.3, 0.4) is 0 Å². The van der Waals surface area contributed by atoms with Gasteiger partial charge >= 0.3 is 0 Å². The molecule has 0 saturated carbocycles. The van der Waals surface area contributed by atoms with E-state index in [9.17, 15) is 0 Å². The fraction of sp³-hybridized carbons (Fsp3) is 0.800. The first-order chi connectivity index (χ1) is 6.68. The Balaban J connectivity index is 2.27. The van der Waals surface area contributed by atoms with E-state index in [0.29, 0.717) is 5.92 Å². The number of hydrogen-bond acceptors (Lipinski definition) is 3. The van der Waals surface area contributed by atoms with E-state index in [-0.39, 0.29) is 5.54 Å². The van der Waals surface area contributed by atoms with E-state index in [2.05, 4.69) is 36.3 Å². The van der Waals surface area contributed by atoms with Gasteiger partial charge in [0.05, 0.1) is 5.54 Å². The number of fused-ring (bicyclic) bond motifs is 1. The second kappa shape index (κ2) is 3.26. The highest BCUT2D eigenvalue weighted by Gasteiger charge is 2.36. The zero-order valence-corrected chi connectivity index (χ0v) is 9.12. The van der Waals surface area contributed by atoms with E-state index in [4.69, 9.17) is 0 Å². The van der Waals surface area contributed by atoms with Crippen molar-refractivity contribution in [3.05, 3.63) is 12.2 Å². The van der Waals surface area contributed by atoms with Crippen LogP contribution in [0.5, 0.6) is 0 Å². The minimum absolute atomic E-state index is 0.195. The Hall–Kier alpha value is -1.06. The number of rotatable bonds is 2. The zero-order valence-electron chi connectivity index (χ0n) is 9.12. The standard InChI is InChI=1S/C10H18N4/c1-4-10(8(2)3)6-5-9-11-7-12-14(9)13-10/h7-8,13H,4-6H2,1-3H3. The van der Waals surface area contributed by atoms with Crippen LogP contribution >= 0.6 is 0 Å². The molecule has 4 heteroatoms. The average molecular weight is 194 g/mol. The molecule has 0 aromatic carbocycles. The first-order valence-electron chi connectivity index (χ1n) is 5.35. The summed E-state index contributed by atoms with van der Waals surface area (Å²) in [6.07, 6.45) is 4.93. The monoisotopic (exact) mass is 194 g/mol. The van der Waals surface area contributed by atoms with E-state index < -0.39 is 0 Å². The first-order valence-corrected chi connectivity index (χ1v) is 5.35. The van der Waals surface area contributed by atoms with Gasteiger partial charge in [0, 0.05) is 6.42 Å². The summed E-state index contributed by atoms with van der Waals surface area (Å²) in [5.74, 6) is 1.67. The van der Waals surface area contributed by atoms with Crippen molar-refractivity contribution in [2.75, 3.05) is 5.43 Å². The van der Waals surface area contributed by atoms with Gasteiger partial charge < -0.3 is 5.43 Å². The summed E-state index contributed by atoms with van der Waals surface area (Å²) < 4.78 is 0. The van der Waals surface area contributed by atoms with Crippen molar-refractivity contribution in [2.24, 2.45) is 5.92 Å². The highest BCUT2D eigenvalue weighted by atomic mass is 15.6. The summed E-state index contributed by atoms with van der Waals surface area (Å²) in [6.45, 7) is 6.76. The minimum Gasteiger partial charge on any atom is -0.302 e. The van der Waals surface area contributed by atoms with Gasteiger partial charge in [0.25, 0.3) is 0 Å². The third-order valence-electron chi connectivity index (χ3n) is 3.48. The van der Waals surface area contributed by atoms with Crippen LogP contribution in [0, 0.1) is 5.92 Å². The van der Waals surface area contributed by atoms with Gasteiger partial charge in [0.1, 0.15) is 12.2 Å². The van der Waals surface area contributed by atoms with Gasteiger partial charge in [0.2, 0.25) is 0 Å². The predicted molar refractivity (Wildman–Crippen MR) is 55.6 cm³/mol. The fourth-order valence-electron chi connectivity index (χ4n) is 2.21. The zero-order chi connectivity index (χ0) is 10.2. The lowest BCUT2D eigenvalue weighted by atomic mass is 9.80. The van der Waals surface area contributed by atoms with Crippen LogP contribution in [-0.4, -0.2) is 20.4 Å². The maximum atomic E-state index is 4.21. The molecule has 0 spiro atoms. The number of nitrogens with one attached hydrogen (secondary N) is 1. The third-order valence-corrected chi connectivity index (χ3v) is 3.48. The number of nitrogens with zero attached hydrogens (tertiary/aromatic N) is 3. The molecule has 0 fully saturated rings. The van der Waals surface area contributed by atoms with Crippen molar-refractivity contribution in [2.45, 2.75) is 45.6 Å². The molecule has 1 aliphatic rings. The predicted octanol–water partition coefficient (Wildman–Crippen LogP) is 1.57. The molecule has 4 nitrogen and oxygen atoms in total. The molecule has 78 valence electrons. The number of aromatic nitrogens is 3. The van der Waals surface area contributed by atoms with Crippen molar-refractivity contribution in [3.63, 3.8) is 0 Å². The van der Waals surface area contributed by atoms with Gasteiger partial charge in [-0.1, -0.05) is 20.8 Å². The summed E-state index contributed by atoms with van der Waals surface area (Å²) in [5.41, 5.74) is 3.68. The van der Waals surface area contributed by atoms with E-state index in [1.807, 2.05) is 4.79 Å². The highest BCUT2D eigenvalue weighted by Crippen LogP contribution is 2.30. The Morgan fingerprint density at radius 3 is 3.07 bits per heavy atom. The Morgan fingerprint density at radius 1 is 1.64 bits per heavy atom. The van der Waals surface area contributed by atoms with Crippen LogP contribution in [0.2, 0.25) is 0 Å². The van der Waals surface area contributed by atoms with Crippen LogP contribution in [0.4, 0.5) is 0 Å². The van der Waals surface area contributed by atoms with Gasteiger partial charge in [-0.15, -0.1) is 5.10 Å². The van der Waals surface area contributed by atoms with Crippen molar-refractivity contribution >= 4 is 0 Å². The molecular weight excluding hydrogens is 176 g/mol. The van der Waals surface area contributed by atoms with Crippen molar-refractivity contribution in [1.82, 2.24) is 14.9 Å². The first kappa shape index (κ1) is 9.49. The smallest absolute Gasteiger partial charge is 0.150 e. The van der Waals surface area contributed by atoms with Crippen molar-refractivity contribution in [1.29, 1.82) is 0 Å². The Labute approximate surface area is 84.7 Å². The van der Waals surface area contributed by atoms with Gasteiger partial charge in [-0.2, -0.15) is 4.79 Å². The second-order valence-corrected chi connectivity index (χ2v) is 4.36. The van der Waals surface area contributed by atoms with E-state index in [0.717, 1.165) is 25.1 Å². The molecule has 0 bridgehead atoms. The lowest BCUT2D eigenvalue weighted by Crippen LogP contribution is -2.51. The van der Waals surface area contributed by atoms with E-state index >= 15 is 0 Å². The van der Waals surface area contributed by atoms with Gasteiger partial charge in [0.15, 0.2) is 0 Å². The highest BCUT2D eigenvalue weighted by molar-refractivity contribution is 5.08. The summed E-state index contributed by atoms with van der Waals surface area (Å²) in [4.78, 5) is 6.05. The molecule has 2 rings (SSSR count). The van der Waals surface area contributed by atoms with E-state index in [1.165, 1.54) is 0 Å². The summed E-state index contributed by atoms with van der Waals surface area (Å²) in [5, 5.41) is 4.18. The molecule has 1 unspecified atom stereocenters. The van der Waals surface area contributed by atoms with E-state index in [1.54, 1.807) is 6.33 Å². The van der Waals surface area contributed by atoms with Crippen molar-refractivity contribution in [3.8, 4) is 0 Å². The number of aryl methyl sites for hydroxylation is 1. The molecule has 0 radical (unpaired) electrons. The fourth-order valence-corrected chi connectivity index (χ4v) is 2.21. The average Bonchev–Trinajstić information content (AvgIpc) is 2.63. The third kappa shape index (κ3) is 1.29. The molecule has 1 aliphatic heterocycles. The molecule has 14 heavy (non-hydrogen) atoms. The molecule has 0 amide bonds. The quantitative estimate of drug-likeness (QED) is 0.777. The molecule has 2 heterocycles. The van der Waals surface area contributed by atoms with Gasteiger partial charge in [-0.05, 0) is 18.8 Å². The lowest BCUT2D eigenvalue weighted by molar-refractivity contribution is 0.252. The normalized spacial score (nSPS) is 26.0. The molecular formula is C10H18N4. The Morgan fingerprint density at radius 2 is 2.43 bits per heavy atom. The summed E-state index contributed by atoms with van der Waals surface area (Å²) in [6, 6.07) is 0. The SMILES string of the molecule is CCC1(C(C)C)CCc2ncnn2N1. The van der Waals surface area contributed by atoms with Crippen LogP contribution in [-0.2, 0) is 6.42 Å². The molecule has 0 saturated heterocycles. The Bertz CT molecular complexity index is 318. The minimum atomic E-state index is 0.195. The molecule has 0 aliphatic carbocycles. The van der Waals surface area contributed by atoms with Crippen LogP contribution in [0.1, 0.15) is 39.4 Å². The lowest BCUT2D eigenvalue weighted by Gasteiger charge is -2.41. The Kier molecular flexibility index (Phi) is 2.21. The largest absolute Gasteiger partial charge is 0.302 e. The molecule has 1 atom stereocenters. The van der Waals surface area contributed by atoms with Gasteiger partial charge in [-0.25, -0.2) is 4.98 Å². The molecule has 1 N–H and O–H groups in total. The maximum Gasteiger partial charge on any atom is 0.150 e. The summed E-state index contributed by atoms with van der Waals surface area (Å²) in [7, 11) is 0. The topological polar surface area (TPSA) is 42.7 Å².